The number of fused-ring (bicyclic) bond motifs is 2. The summed E-state index contributed by atoms with van der Waals surface area (Å²) in [6, 6.07) is 54.0. The maximum atomic E-state index is 12.7. The predicted molar refractivity (Wildman–Crippen MR) is 312 cm³/mol. The predicted octanol–water partition coefficient (Wildman–Crippen LogP) is 17.5. The number of benzene rings is 7. The molecule has 0 aliphatic carbocycles. The molecule has 76 heavy (non-hydrogen) atoms. The first-order chi connectivity index (χ1) is 35.3. The van der Waals surface area contributed by atoms with Crippen molar-refractivity contribution in [3.8, 4) is 73.3 Å². The van der Waals surface area contributed by atoms with Gasteiger partial charge in [0.05, 0.1) is 28.1 Å². The van der Waals surface area contributed by atoms with E-state index in [0.29, 0.717) is 28.5 Å². The summed E-state index contributed by atoms with van der Waals surface area (Å²) in [5.74, 6) is 1.58. The Morgan fingerprint density at radius 2 is 0.921 bits per heavy atom. The van der Waals surface area contributed by atoms with E-state index in [4.69, 9.17) is 19.9 Å². The van der Waals surface area contributed by atoms with E-state index in [1.807, 2.05) is 0 Å². The summed E-state index contributed by atoms with van der Waals surface area (Å²) in [6.45, 7) is 33.5. The first-order valence-electron chi connectivity index (χ1n) is 26.4. The normalized spacial score (nSPS) is 12.6. The second-order valence-electron chi connectivity index (χ2n) is 25.5. The van der Waals surface area contributed by atoms with Crippen LogP contribution in [0.2, 0.25) is 0 Å². The van der Waals surface area contributed by atoms with Gasteiger partial charge in [-0.1, -0.05) is 206 Å². The van der Waals surface area contributed by atoms with Crippen LogP contribution in [0.25, 0.3) is 89.9 Å². The van der Waals surface area contributed by atoms with Gasteiger partial charge in [0, 0.05) is 55.8 Å². The molecular formula is C68H71N6OPt-. The fourth-order valence-electron chi connectivity index (χ4n) is 10.1. The van der Waals surface area contributed by atoms with Crippen molar-refractivity contribution in [1.82, 2.24) is 29.1 Å². The van der Waals surface area contributed by atoms with E-state index in [-0.39, 0.29) is 53.9 Å². The Hall–Kier alpha value is -6.95. The molecule has 0 atom stereocenters. The standard InChI is InChI=1S/C68H71N6O.Pt/c1-64(2,3)46-29-31-55(51(38-46)42-23-18-16-19-24-42)73-57-28-22-27-50(58(57)71-62(73)53-40-49(67(10,11)12)41-54(59(53)75)68(13,14)15)44-35-45(37-48(36-44)66(7,8)9)61-72-60-63(70-34-33-69-60)74(61)56-32-30-47(65(4,5)6)39-52(56)43-25-20-17-21-26-43;/h16-34,36-41,75H,1-15H3;/q-1;. The van der Waals surface area contributed by atoms with Crippen molar-refractivity contribution in [3.63, 3.8) is 0 Å². The average Bonchev–Trinajstić information content (AvgIpc) is 3.94. The minimum Gasteiger partial charge on any atom is -0.507 e. The maximum Gasteiger partial charge on any atom is 0.190 e. The molecule has 8 heteroatoms. The summed E-state index contributed by atoms with van der Waals surface area (Å²) in [6.07, 6.45) is 3.45. The molecule has 0 spiro atoms. The number of imidazole rings is 2. The van der Waals surface area contributed by atoms with Gasteiger partial charge in [-0.2, -0.15) is 0 Å². The van der Waals surface area contributed by atoms with Crippen LogP contribution < -0.4 is 0 Å². The Morgan fingerprint density at radius 1 is 0.421 bits per heavy atom. The quantitative estimate of drug-likeness (QED) is 0.161. The van der Waals surface area contributed by atoms with Gasteiger partial charge in [0.1, 0.15) is 11.6 Å². The van der Waals surface area contributed by atoms with Crippen LogP contribution in [0.5, 0.6) is 5.75 Å². The number of phenols is 1. The number of hydrogen-bond donors (Lipinski definition) is 1. The topological polar surface area (TPSA) is 81.7 Å². The zero-order chi connectivity index (χ0) is 53.6. The van der Waals surface area contributed by atoms with Crippen molar-refractivity contribution >= 4 is 22.3 Å². The molecule has 3 heterocycles. The molecule has 0 unspecified atom stereocenters. The summed E-state index contributed by atoms with van der Waals surface area (Å²) in [5.41, 5.74) is 17.0. The number of rotatable bonds is 7. The molecule has 0 aliphatic rings. The molecule has 10 rings (SSSR count). The van der Waals surface area contributed by atoms with Gasteiger partial charge in [-0.25, -0.2) is 19.9 Å². The number of para-hydroxylation sites is 1. The first-order valence-corrected chi connectivity index (χ1v) is 26.4. The van der Waals surface area contributed by atoms with Gasteiger partial charge in [0.25, 0.3) is 0 Å². The van der Waals surface area contributed by atoms with Crippen molar-refractivity contribution < 1.29 is 26.2 Å². The second-order valence-corrected chi connectivity index (χ2v) is 25.5. The van der Waals surface area contributed by atoms with Gasteiger partial charge in [-0.05, 0) is 91.3 Å². The summed E-state index contributed by atoms with van der Waals surface area (Å²) < 4.78 is 4.44. The smallest absolute Gasteiger partial charge is 0.190 e. The first kappa shape index (κ1) is 53.9. The van der Waals surface area contributed by atoms with Crippen LogP contribution in [0, 0.1) is 6.07 Å². The molecule has 0 fully saturated rings. The van der Waals surface area contributed by atoms with Crippen molar-refractivity contribution in [2.75, 3.05) is 0 Å². The van der Waals surface area contributed by atoms with Gasteiger partial charge < -0.3 is 9.67 Å². The zero-order valence-electron chi connectivity index (χ0n) is 46.9. The van der Waals surface area contributed by atoms with Crippen LogP contribution in [-0.2, 0) is 48.1 Å². The van der Waals surface area contributed by atoms with E-state index in [1.54, 1.807) is 12.4 Å². The largest absolute Gasteiger partial charge is 0.507 e. The Labute approximate surface area is 464 Å². The van der Waals surface area contributed by atoms with Crippen LogP contribution in [-0.4, -0.2) is 34.2 Å². The van der Waals surface area contributed by atoms with Crippen LogP contribution in [0.3, 0.4) is 0 Å². The number of phenolic OH excluding ortho intramolecular Hbond substituents is 1. The average molecular weight is 1180 g/mol. The molecule has 0 bridgehead atoms. The third-order valence-electron chi connectivity index (χ3n) is 14.6. The second kappa shape index (κ2) is 19.6. The summed E-state index contributed by atoms with van der Waals surface area (Å²) >= 11 is 0. The Bertz CT molecular complexity index is 3790. The number of nitrogens with zero attached hydrogens (tertiary/aromatic N) is 6. The Kier molecular flexibility index (Phi) is 13.9. The Balaban J connectivity index is 0.00000706. The van der Waals surface area contributed by atoms with E-state index < -0.39 is 0 Å². The Morgan fingerprint density at radius 3 is 1.46 bits per heavy atom. The number of hydrogen-bond acceptors (Lipinski definition) is 5. The van der Waals surface area contributed by atoms with Crippen LogP contribution >= 0.6 is 0 Å². The molecule has 7 nitrogen and oxygen atoms in total. The zero-order valence-corrected chi connectivity index (χ0v) is 49.2. The fraction of sp³-hybridized carbons (Fsp3) is 0.294. The van der Waals surface area contributed by atoms with Crippen molar-refractivity contribution in [2.45, 2.75) is 131 Å². The molecular weight excluding hydrogens is 1110 g/mol. The summed E-state index contributed by atoms with van der Waals surface area (Å²) in [4.78, 5) is 20.8. The van der Waals surface area contributed by atoms with E-state index in [1.165, 1.54) is 11.1 Å². The minimum atomic E-state index is -0.359. The van der Waals surface area contributed by atoms with E-state index in [0.717, 1.165) is 78.0 Å². The molecule has 0 saturated carbocycles. The summed E-state index contributed by atoms with van der Waals surface area (Å²) in [7, 11) is 0. The molecule has 7 aromatic carbocycles. The molecule has 1 N–H and O–H groups in total. The van der Waals surface area contributed by atoms with Crippen LogP contribution in [0.4, 0.5) is 0 Å². The number of aromatic nitrogens is 6. The van der Waals surface area contributed by atoms with Crippen molar-refractivity contribution in [1.29, 1.82) is 0 Å². The van der Waals surface area contributed by atoms with Crippen molar-refractivity contribution in [3.05, 3.63) is 186 Å². The molecule has 390 valence electrons. The molecule has 0 saturated heterocycles. The monoisotopic (exact) mass is 1180 g/mol. The SMILES string of the molecule is CC(C)(C)c1cc(-c2cccc3c2nc(-c2cc(C(C)(C)C)cc(C(C)(C)C)c2O)n3-c2ccc(C(C)(C)C)cc2-c2ccccc2)[c-]c(-c2nc3nccnc3n2-c2ccc(C(C)(C)C)cc2-c2ccccc2)c1.[Pt]. The third-order valence-corrected chi connectivity index (χ3v) is 14.6. The van der Waals surface area contributed by atoms with Gasteiger partial charge in [0.2, 0.25) is 0 Å². The molecule has 0 radical (unpaired) electrons. The fourth-order valence-corrected chi connectivity index (χ4v) is 10.1. The van der Waals surface area contributed by atoms with E-state index in [9.17, 15) is 5.11 Å². The summed E-state index contributed by atoms with van der Waals surface area (Å²) in [5, 5.41) is 12.7. The molecule has 3 aromatic heterocycles. The maximum absolute atomic E-state index is 12.7. The van der Waals surface area contributed by atoms with E-state index >= 15 is 0 Å². The van der Waals surface area contributed by atoms with Gasteiger partial charge in [-0.3, -0.25) is 4.57 Å². The van der Waals surface area contributed by atoms with Crippen LogP contribution in [0.15, 0.2) is 152 Å². The van der Waals surface area contributed by atoms with Crippen molar-refractivity contribution in [2.24, 2.45) is 0 Å². The minimum absolute atomic E-state index is 0. The molecule has 0 amide bonds. The van der Waals surface area contributed by atoms with Gasteiger partial charge >= 0.3 is 0 Å². The van der Waals surface area contributed by atoms with E-state index in [2.05, 4.69) is 259 Å². The van der Waals surface area contributed by atoms with Crippen LogP contribution in [0.1, 0.15) is 132 Å². The molecule has 0 aliphatic heterocycles. The van der Waals surface area contributed by atoms with Gasteiger partial charge in [-0.15, -0.1) is 29.3 Å². The number of aromatic hydroxyl groups is 1. The van der Waals surface area contributed by atoms with Gasteiger partial charge in [0.15, 0.2) is 11.3 Å². The molecule has 10 aromatic rings. The third kappa shape index (κ3) is 10.1.